The van der Waals surface area contributed by atoms with Crippen molar-refractivity contribution in [2.45, 2.75) is 39.2 Å². The fraction of sp³-hybridized carbons (Fsp3) is 0.500. The van der Waals surface area contributed by atoms with Gasteiger partial charge in [0.05, 0.1) is 0 Å². The molecule has 1 aliphatic heterocycles. The highest BCUT2D eigenvalue weighted by Gasteiger charge is 2.52. The van der Waals surface area contributed by atoms with Crippen LogP contribution in [0.1, 0.15) is 49.5 Å². The summed E-state index contributed by atoms with van der Waals surface area (Å²) in [7, 11) is 0. The van der Waals surface area contributed by atoms with E-state index in [2.05, 4.69) is 4.98 Å². The molecule has 0 aromatic carbocycles. The van der Waals surface area contributed by atoms with Gasteiger partial charge in [-0.05, 0) is 39.7 Å². The van der Waals surface area contributed by atoms with Gasteiger partial charge in [-0.15, -0.1) is 0 Å². The Bertz CT molecular complexity index is 754. The van der Waals surface area contributed by atoms with Crippen LogP contribution in [0.5, 0.6) is 0 Å². The standard InChI is InChI=1S/C18H22N2O4/c1-17(2,3)24-16(23)20-10-18(11-20)6-12(7-18)4-14-5-13(9-21)8-19-15(14)22/h4-5,8-9H,6-7,10-11H2,1-3H3,(H,19,22). The van der Waals surface area contributed by atoms with Crippen LogP contribution in [0.3, 0.4) is 0 Å². The number of carbonyl (C=O) groups is 2. The van der Waals surface area contributed by atoms with Crippen molar-refractivity contribution in [1.82, 2.24) is 9.88 Å². The number of nitrogens with one attached hydrogen (secondary N) is 1. The van der Waals surface area contributed by atoms with Gasteiger partial charge < -0.3 is 14.6 Å². The first-order valence-electron chi connectivity index (χ1n) is 8.05. The van der Waals surface area contributed by atoms with Crippen molar-refractivity contribution in [3.8, 4) is 0 Å². The van der Waals surface area contributed by atoms with Gasteiger partial charge >= 0.3 is 6.09 Å². The van der Waals surface area contributed by atoms with Crippen LogP contribution < -0.4 is 5.56 Å². The average Bonchev–Trinajstić information content (AvgIpc) is 2.39. The van der Waals surface area contributed by atoms with E-state index in [1.165, 1.54) is 11.8 Å². The van der Waals surface area contributed by atoms with Crippen LogP contribution in [-0.2, 0) is 4.74 Å². The minimum absolute atomic E-state index is 0.137. The summed E-state index contributed by atoms with van der Waals surface area (Å²) in [5.74, 6) is 0. The van der Waals surface area contributed by atoms with Crippen molar-refractivity contribution in [2.75, 3.05) is 13.1 Å². The zero-order chi connectivity index (χ0) is 17.5. The predicted molar refractivity (Wildman–Crippen MR) is 89.9 cm³/mol. The molecule has 0 atom stereocenters. The Morgan fingerprint density at radius 3 is 2.58 bits per heavy atom. The molecule has 0 radical (unpaired) electrons. The van der Waals surface area contributed by atoms with Crippen LogP contribution in [0.15, 0.2) is 22.6 Å². The van der Waals surface area contributed by atoms with Crippen molar-refractivity contribution in [3.63, 3.8) is 0 Å². The fourth-order valence-electron chi connectivity index (χ4n) is 3.37. The predicted octanol–water partition coefficient (Wildman–Crippen LogP) is 2.60. The molecule has 0 bridgehead atoms. The number of aromatic nitrogens is 1. The Balaban J connectivity index is 1.58. The van der Waals surface area contributed by atoms with Crippen molar-refractivity contribution >= 4 is 18.5 Å². The van der Waals surface area contributed by atoms with E-state index < -0.39 is 5.60 Å². The van der Waals surface area contributed by atoms with E-state index >= 15 is 0 Å². The minimum Gasteiger partial charge on any atom is -0.444 e. The molecule has 1 N–H and O–H groups in total. The summed E-state index contributed by atoms with van der Waals surface area (Å²) in [4.78, 5) is 38.9. The molecule has 6 nitrogen and oxygen atoms in total. The summed E-state index contributed by atoms with van der Waals surface area (Å²) in [5, 5.41) is 0. The van der Waals surface area contributed by atoms with Crippen LogP contribution in [0.2, 0.25) is 0 Å². The number of allylic oxidation sites excluding steroid dienone is 1. The maximum absolute atomic E-state index is 12.0. The largest absolute Gasteiger partial charge is 0.444 e. The summed E-state index contributed by atoms with van der Waals surface area (Å²) in [5.41, 5.74) is 1.60. The first kappa shape index (κ1) is 16.5. The third-order valence-electron chi connectivity index (χ3n) is 4.36. The monoisotopic (exact) mass is 330 g/mol. The lowest BCUT2D eigenvalue weighted by Gasteiger charge is -2.56. The summed E-state index contributed by atoms with van der Waals surface area (Å²) in [6, 6.07) is 1.59. The lowest BCUT2D eigenvalue weighted by molar-refractivity contribution is -0.0498. The number of pyridine rings is 1. The van der Waals surface area contributed by atoms with Gasteiger partial charge in [0, 0.05) is 35.8 Å². The number of hydrogen-bond donors (Lipinski definition) is 1. The van der Waals surface area contributed by atoms with E-state index in [1.54, 1.807) is 11.0 Å². The molecule has 2 aliphatic rings. The Morgan fingerprint density at radius 2 is 2.00 bits per heavy atom. The number of H-pyrrole nitrogens is 1. The Morgan fingerprint density at radius 1 is 1.33 bits per heavy atom. The zero-order valence-corrected chi connectivity index (χ0v) is 14.2. The van der Waals surface area contributed by atoms with E-state index in [0.29, 0.717) is 30.5 Å². The second-order valence-electron chi connectivity index (χ2n) is 7.83. The van der Waals surface area contributed by atoms with E-state index in [1.807, 2.05) is 26.8 Å². The van der Waals surface area contributed by atoms with Gasteiger partial charge in [-0.25, -0.2) is 4.79 Å². The van der Waals surface area contributed by atoms with E-state index in [-0.39, 0.29) is 17.1 Å². The van der Waals surface area contributed by atoms with Crippen molar-refractivity contribution in [3.05, 3.63) is 39.3 Å². The van der Waals surface area contributed by atoms with Gasteiger partial charge in [-0.3, -0.25) is 9.59 Å². The van der Waals surface area contributed by atoms with Crippen LogP contribution in [0.25, 0.3) is 6.08 Å². The van der Waals surface area contributed by atoms with Crippen molar-refractivity contribution in [1.29, 1.82) is 0 Å². The quantitative estimate of drug-likeness (QED) is 0.845. The number of nitrogens with zero attached hydrogens (tertiary/aromatic N) is 1. The van der Waals surface area contributed by atoms with Gasteiger partial charge in [-0.2, -0.15) is 0 Å². The number of aromatic amines is 1. The number of carbonyl (C=O) groups excluding carboxylic acids is 2. The molecule has 1 saturated heterocycles. The third kappa shape index (κ3) is 3.27. The molecule has 6 heteroatoms. The molecule has 1 spiro atoms. The summed E-state index contributed by atoms with van der Waals surface area (Å²) >= 11 is 0. The molecular weight excluding hydrogens is 308 g/mol. The second-order valence-corrected chi connectivity index (χ2v) is 7.83. The zero-order valence-electron chi connectivity index (χ0n) is 14.2. The molecule has 1 aromatic heterocycles. The maximum atomic E-state index is 12.0. The van der Waals surface area contributed by atoms with Crippen LogP contribution in [0.4, 0.5) is 4.79 Å². The Labute approximate surface area is 140 Å². The summed E-state index contributed by atoms with van der Waals surface area (Å²) in [6.07, 6.45) is 5.46. The molecular formula is C18H22N2O4. The van der Waals surface area contributed by atoms with E-state index in [9.17, 15) is 14.4 Å². The third-order valence-corrected chi connectivity index (χ3v) is 4.36. The summed E-state index contributed by atoms with van der Waals surface area (Å²) in [6.45, 7) is 6.97. The maximum Gasteiger partial charge on any atom is 0.410 e. The smallest absolute Gasteiger partial charge is 0.410 e. The average molecular weight is 330 g/mol. The van der Waals surface area contributed by atoms with Gasteiger partial charge in [0.2, 0.25) is 0 Å². The van der Waals surface area contributed by atoms with Crippen molar-refractivity contribution < 1.29 is 14.3 Å². The number of rotatable bonds is 2. The van der Waals surface area contributed by atoms with Gasteiger partial charge in [0.15, 0.2) is 6.29 Å². The van der Waals surface area contributed by atoms with E-state index in [0.717, 1.165) is 12.8 Å². The molecule has 2 heterocycles. The summed E-state index contributed by atoms with van der Waals surface area (Å²) < 4.78 is 5.36. The second kappa shape index (κ2) is 5.61. The number of likely N-dealkylation sites (tertiary alicyclic amines) is 1. The molecule has 2 fully saturated rings. The van der Waals surface area contributed by atoms with Crippen molar-refractivity contribution in [2.24, 2.45) is 5.41 Å². The molecule has 128 valence electrons. The Hall–Kier alpha value is -2.37. The number of hydrogen-bond acceptors (Lipinski definition) is 4. The molecule has 24 heavy (non-hydrogen) atoms. The highest BCUT2D eigenvalue weighted by molar-refractivity contribution is 5.76. The van der Waals surface area contributed by atoms with Gasteiger partial charge in [-0.1, -0.05) is 11.6 Å². The van der Waals surface area contributed by atoms with Gasteiger partial charge in [0.25, 0.3) is 5.56 Å². The highest BCUT2D eigenvalue weighted by Crippen LogP contribution is 2.52. The lowest BCUT2D eigenvalue weighted by Crippen LogP contribution is -2.62. The molecule has 1 aromatic rings. The molecule has 1 saturated carbocycles. The fourth-order valence-corrected chi connectivity index (χ4v) is 3.37. The van der Waals surface area contributed by atoms with Crippen LogP contribution >= 0.6 is 0 Å². The first-order chi connectivity index (χ1) is 11.2. The highest BCUT2D eigenvalue weighted by atomic mass is 16.6. The normalized spacial score (nSPS) is 18.6. The molecule has 1 aliphatic carbocycles. The van der Waals surface area contributed by atoms with Crippen LogP contribution in [-0.4, -0.2) is 41.0 Å². The number of aldehydes is 1. The Kier molecular flexibility index (Phi) is 3.86. The lowest BCUT2D eigenvalue weighted by atomic mass is 9.60. The SMILES string of the molecule is CC(C)(C)OC(=O)N1CC2(CC(=Cc3cc(C=O)c[nH]c3=O)C2)C1. The number of ether oxygens (including phenoxy) is 1. The molecule has 1 amide bonds. The van der Waals surface area contributed by atoms with Gasteiger partial charge in [0.1, 0.15) is 5.60 Å². The molecule has 3 rings (SSSR count). The topological polar surface area (TPSA) is 79.5 Å². The molecule has 0 unspecified atom stereocenters. The minimum atomic E-state index is -0.477. The van der Waals surface area contributed by atoms with Crippen LogP contribution in [0, 0.1) is 5.41 Å². The first-order valence-corrected chi connectivity index (χ1v) is 8.05. The number of amides is 1. The van der Waals surface area contributed by atoms with E-state index in [4.69, 9.17) is 4.74 Å².